The van der Waals surface area contributed by atoms with E-state index in [0.717, 1.165) is 39.0 Å². The van der Waals surface area contributed by atoms with E-state index in [-0.39, 0.29) is 5.60 Å². The van der Waals surface area contributed by atoms with E-state index in [1.807, 2.05) is 0 Å². The lowest BCUT2D eigenvalue weighted by molar-refractivity contribution is -0.0780. The molecule has 1 aliphatic rings. The molecule has 0 amide bonds. The lowest BCUT2D eigenvalue weighted by Gasteiger charge is -2.38. The molecule has 1 rings (SSSR count). The molecule has 0 saturated carbocycles. The maximum absolute atomic E-state index is 5.90. The van der Waals surface area contributed by atoms with E-state index in [1.165, 1.54) is 0 Å². The SMILES string of the molecule is CCC1(C)CC(NCCN(C(C)C)C(C)C)CCO1. The van der Waals surface area contributed by atoms with E-state index in [1.54, 1.807) is 0 Å². The van der Waals surface area contributed by atoms with Gasteiger partial charge in [-0.15, -0.1) is 0 Å². The molecule has 1 fully saturated rings. The Morgan fingerprint density at radius 3 is 2.42 bits per heavy atom. The molecule has 1 heterocycles. The second-order valence-corrected chi connectivity index (χ2v) is 6.72. The number of hydrogen-bond donors (Lipinski definition) is 1. The summed E-state index contributed by atoms with van der Waals surface area (Å²) in [4.78, 5) is 2.55. The average molecular weight is 270 g/mol. The molecule has 1 aliphatic heterocycles. The van der Waals surface area contributed by atoms with Crippen LogP contribution in [0.2, 0.25) is 0 Å². The van der Waals surface area contributed by atoms with Crippen LogP contribution in [0.3, 0.4) is 0 Å². The van der Waals surface area contributed by atoms with Crippen LogP contribution >= 0.6 is 0 Å². The van der Waals surface area contributed by atoms with Gasteiger partial charge in [-0.25, -0.2) is 0 Å². The van der Waals surface area contributed by atoms with Gasteiger partial charge in [0.2, 0.25) is 0 Å². The lowest BCUT2D eigenvalue weighted by atomic mass is 9.90. The number of nitrogens with zero attached hydrogens (tertiary/aromatic N) is 1. The molecule has 2 unspecified atom stereocenters. The fourth-order valence-corrected chi connectivity index (χ4v) is 3.06. The van der Waals surface area contributed by atoms with E-state index in [9.17, 15) is 0 Å². The van der Waals surface area contributed by atoms with Gasteiger partial charge in [-0.05, 0) is 53.9 Å². The Balaban J connectivity index is 2.32. The van der Waals surface area contributed by atoms with E-state index in [0.29, 0.717) is 18.1 Å². The summed E-state index contributed by atoms with van der Waals surface area (Å²) in [5, 5.41) is 3.73. The minimum atomic E-state index is 0.0890. The first-order valence-electron chi connectivity index (χ1n) is 8.01. The first-order chi connectivity index (χ1) is 8.88. The molecule has 3 heteroatoms. The van der Waals surface area contributed by atoms with Crippen molar-refractivity contribution in [2.45, 2.75) is 84.5 Å². The van der Waals surface area contributed by atoms with Crippen molar-refractivity contribution in [3.05, 3.63) is 0 Å². The monoisotopic (exact) mass is 270 g/mol. The van der Waals surface area contributed by atoms with Crippen LogP contribution < -0.4 is 5.32 Å². The smallest absolute Gasteiger partial charge is 0.0666 e. The Hall–Kier alpha value is -0.120. The van der Waals surface area contributed by atoms with Crippen LogP contribution in [0.25, 0.3) is 0 Å². The normalized spacial score (nSPS) is 28.6. The molecular weight excluding hydrogens is 236 g/mol. The van der Waals surface area contributed by atoms with E-state index >= 15 is 0 Å². The Morgan fingerprint density at radius 1 is 1.26 bits per heavy atom. The molecule has 19 heavy (non-hydrogen) atoms. The van der Waals surface area contributed by atoms with Crippen molar-refractivity contribution >= 4 is 0 Å². The molecule has 0 aliphatic carbocycles. The Kier molecular flexibility index (Phi) is 6.78. The molecule has 2 atom stereocenters. The number of ether oxygens (including phenoxy) is 1. The first-order valence-corrected chi connectivity index (χ1v) is 8.01. The van der Waals surface area contributed by atoms with Crippen molar-refractivity contribution in [1.82, 2.24) is 10.2 Å². The summed E-state index contributed by atoms with van der Waals surface area (Å²) >= 11 is 0. The third-order valence-corrected chi connectivity index (χ3v) is 4.47. The van der Waals surface area contributed by atoms with Crippen molar-refractivity contribution in [2.24, 2.45) is 0 Å². The van der Waals surface area contributed by atoms with Gasteiger partial charge in [-0.1, -0.05) is 6.92 Å². The van der Waals surface area contributed by atoms with E-state index in [2.05, 4.69) is 51.8 Å². The van der Waals surface area contributed by atoms with Crippen LogP contribution in [0, 0.1) is 0 Å². The van der Waals surface area contributed by atoms with Gasteiger partial charge in [0.15, 0.2) is 0 Å². The third-order valence-electron chi connectivity index (χ3n) is 4.47. The number of nitrogens with one attached hydrogen (secondary N) is 1. The van der Waals surface area contributed by atoms with Crippen LogP contribution in [0.4, 0.5) is 0 Å². The van der Waals surface area contributed by atoms with Crippen molar-refractivity contribution in [3.8, 4) is 0 Å². The molecule has 0 spiro atoms. The van der Waals surface area contributed by atoms with Crippen molar-refractivity contribution in [1.29, 1.82) is 0 Å². The average Bonchev–Trinajstić information content (AvgIpc) is 2.34. The van der Waals surface area contributed by atoms with Crippen molar-refractivity contribution < 1.29 is 4.74 Å². The van der Waals surface area contributed by atoms with Crippen molar-refractivity contribution in [3.63, 3.8) is 0 Å². The van der Waals surface area contributed by atoms with Gasteiger partial charge in [-0.3, -0.25) is 4.90 Å². The number of rotatable bonds is 7. The summed E-state index contributed by atoms with van der Waals surface area (Å²) in [5.74, 6) is 0. The minimum Gasteiger partial charge on any atom is -0.375 e. The Labute approximate surface area is 120 Å². The topological polar surface area (TPSA) is 24.5 Å². The molecule has 1 N–H and O–H groups in total. The summed E-state index contributed by atoms with van der Waals surface area (Å²) in [6, 6.07) is 1.87. The maximum atomic E-state index is 5.90. The molecule has 1 saturated heterocycles. The van der Waals surface area contributed by atoms with Gasteiger partial charge in [0.1, 0.15) is 0 Å². The highest BCUT2D eigenvalue weighted by molar-refractivity contribution is 4.85. The largest absolute Gasteiger partial charge is 0.375 e. The summed E-state index contributed by atoms with van der Waals surface area (Å²) in [7, 11) is 0. The Bertz CT molecular complexity index is 247. The van der Waals surface area contributed by atoms with Crippen molar-refractivity contribution in [2.75, 3.05) is 19.7 Å². The van der Waals surface area contributed by atoms with Gasteiger partial charge < -0.3 is 10.1 Å². The molecule has 0 aromatic heterocycles. The van der Waals surface area contributed by atoms with Crippen LogP contribution in [-0.2, 0) is 4.74 Å². The van der Waals surface area contributed by atoms with E-state index in [4.69, 9.17) is 4.74 Å². The molecule has 0 aromatic carbocycles. The van der Waals surface area contributed by atoms with Crippen LogP contribution in [-0.4, -0.2) is 48.3 Å². The van der Waals surface area contributed by atoms with Gasteiger partial charge in [-0.2, -0.15) is 0 Å². The van der Waals surface area contributed by atoms with Gasteiger partial charge >= 0.3 is 0 Å². The molecule has 0 radical (unpaired) electrons. The molecule has 0 aromatic rings. The standard InChI is InChI=1S/C16H34N2O/c1-7-16(6)12-15(8-11-19-16)17-9-10-18(13(2)3)14(4)5/h13-15,17H,7-12H2,1-6H3. The number of hydrogen-bond acceptors (Lipinski definition) is 3. The summed E-state index contributed by atoms with van der Waals surface area (Å²) in [6.07, 6.45) is 3.40. The summed E-state index contributed by atoms with van der Waals surface area (Å²) in [5.41, 5.74) is 0.0890. The highest BCUT2D eigenvalue weighted by Gasteiger charge is 2.31. The highest BCUT2D eigenvalue weighted by atomic mass is 16.5. The van der Waals surface area contributed by atoms with E-state index < -0.39 is 0 Å². The molecule has 0 bridgehead atoms. The Morgan fingerprint density at radius 2 is 1.89 bits per heavy atom. The van der Waals surface area contributed by atoms with Gasteiger partial charge in [0.05, 0.1) is 5.60 Å². The second kappa shape index (κ2) is 7.61. The summed E-state index contributed by atoms with van der Waals surface area (Å²) < 4.78 is 5.90. The quantitative estimate of drug-likeness (QED) is 0.769. The highest BCUT2D eigenvalue weighted by Crippen LogP contribution is 2.27. The predicted molar refractivity (Wildman–Crippen MR) is 82.7 cm³/mol. The fraction of sp³-hybridized carbons (Fsp3) is 1.00. The molecule has 114 valence electrons. The minimum absolute atomic E-state index is 0.0890. The maximum Gasteiger partial charge on any atom is 0.0666 e. The zero-order valence-electron chi connectivity index (χ0n) is 13.8. The first kappa shape index (κ1) is 16.9. The van der Waals surface area contributed by atoms with Gasteiger partial charge in [0, 0.05) is 37.8 Å². The zero-order chi connectivity index (χ0) is 14.5. The zero-order valence-corrected chi connectivity index (χ0v) is 13.8. The predicted octanol–water partition coefficient (Wildman–Crippen LogP) is 3.04. The van der Waals surface area contributed by atoms with Gasteiger partial charge in [0.25, 0.3) is 0 Å². The third kappa shape index (κ3) is 5.41. The van der Waals surface area contributed by atoms with Crippen LogP contribution in [0.5, 0.6) is 0 Å². The second-order valence-electron chi connectivity index (χ2n) is 6.72. The van der Waals surface area contributed by atoms with Crippen LogP contribution in [0.1, 0.15) is 60.8 Å². The lowest BCUT2D eigenvalue weighted by Crippen LogP contribution is -2.48. The molecular formula is C16H34N2O. The summed E-state index contributed by atoms with van der Waals surface area (Å²) in [6.45, 7) is 16.7. The molecule has 3 nitrogen and oxygen atoms in total. The van der Waals surface area contributed by atoms with Crippen LogP contribution in [0.15, 0.2) is 0 Å². The fourth-order valence-electron chi connectivity index (χ4n) is 3.06.